The molecule has 8 heteroatoms. The highest BCUT2D eigenvalue weighted by Gasteiger charge is 2.25. The summed E-state index contributed by atoms with van der Waals surface area (Å²) in [6.07, 6.45) is 6.96. The molecule has 0 amide bonds. The van der Waals surface area contributed by atoms with Crippen LogP contribution in [0.2, 0.25) is 5.02 Å². The van der Waals surface area contributed by atoms with Crippen LogP contribution in [0.5, 0.6) is 0 Å². The molecule has 21 heavy (non-hydrogen) atoms. The van der Waals surface area contributed by atoms with Crippen molar-refractivity contribution in [1.82, 2.24) is 9.71 Å². The fourth-order valence-corrected chi connectivity index (χ4v) is 4.28. The van der Waals surface area contributed by atoms with Crippen molar-refractivity contribution in [2.75, 3.05) is 5.43 Å². The van der Waals surface area contributed by atoms with E-state index in [4.69, 9.17) is 17.4 Å². The smallest absolute Gasteiger partial charge is 0.242 e. The minimum Gasteiger partial charge on any atom is -0.307 e. The van der Waals surface area contributed by atoms with Gasteiger partial charge >= 0.3 is 0 Å². The van der Waals surface area contributed by atoms with Gasteiger partial charge in [0.2, 0.25) is 10.0 Å². The molecule has 1 aliphatic rings. The van der Waals surface area contributed by atoms with Gasteiger partial charge < -0.3 is 5.43 Å². The normalized spacial score (nSPS) is 18.4. The third kappa shape index (κ3) is 4.06. The number of aromatic nitrogens is 1. The van der Waals surface area contributed by atoms with Gasteiger partial charge in [0, 0.05) is 12.2 Å². The molecule has 0 saturated heterocycles. The van der Waals surface area contributed by atoms with E-state index >= 15 is 0 Å². The number of hydrogen-bond donors (Lipinski definition) is 3. The van der Waals surface area contributed by atoms with Crippen LogP contribution in [0, 0.1) is 5.92 Å². The van der Waals surface area contributed by atoms with E-state index in [2.05, 4.69) is 15.1 Å². The molecule has 0 aromatic carbocycles. The lowest BCUT2D eigenvalue weighted by atomic mass is 9.85. The molecule has 1 atom stereocenters. The van der Waals surface area contributed by atoms with Crippen molar-refractivity contribution in [3.8, 4) is 0 Å². The number of hydrazine groups is 1. The molecule has 1 aromatic heterocycles. The van der Waals surface area contributed by atoms with E-state index in [1.807, 2.05) is 6.92 Å². The lowest BCUT2D eigenvalue weighted by molar-refractivity contribution is 0.303. The van der Waals surface area contributed by atoms with Gasteiger partial charge in [-0.15, -0.1) is 0 Å². The third-order valence-electron chi connectivity index (χ3n) is 3.96. The number of sulfonamides is 1. The molecule has 2 rings (SSSR count). The van der Waals surface area contributed by atoms with Gasteiger partial charge in [-0.05, 0) is 31.7 Å². The molecule has 0 aliphatic heterocycles. The van der Waals surface area contributed by atoms with Crippen LogP contribution in [0.1, 0.15) is 39.0 Å². The van der Waals surface area contributed by atoms with E-state index in [0.29, 0.717) is 5.92 Å². The van der Waals surface area contributed by atoms with Crippen molar-refractivity contribution in [2.24, 2.45) is 11.8 Å². The average Bonchev–Trinajstić information content (AvgIpc) is 2.47. The summed E-state index contributed by atoms with van der Waals surface area (Å²) in [5, 5.41) is 0.172. The van der Waals surface area contributed by atoms with Crippen LogP contribution in [0.15, 0.2) is 17.2 Å². The lowest BCUT2D eigenvalue weighted by Gasteiger charge is -2.28. The van der Waals surface area contributed by atoms with Gasteiger partial charge in [-0.2, -0.15) is 0 Å². The molecule has 1 saturated carbocycles. The molecule has 4 N–H and O–H groups in total. The van der Waals surface area contributed by atoms with E-state index in [1.54, 1.807) is 0 Å². The summed E-state index contributed by atoms with van der Waals surface area (Å²) in [4.78, 5) is 3.95. The highest BCUT2D eigenvalue weighted by Crippen LogP contribution is 2.27. The summed E-state index contributed by atoms with van der Waals surface area (Å²) in [7, 11) is -3.62. The maximum absolute atomic E-state index is 12.4. The Kier molecular flexibility index (Phi) is 5.43. The standard InChI is InChI=1S/C13H21ClN4O2S/c1-9(10-5-3-2-4-6-10)18-21(19,20)11-7-12(14)13(17-15)16-8-11/h7-10,18H,2-6,15H2,1H3,(H,16,17). The molecule has 118 valence electrons. The number of nitrogens with two attached hydrogens (primary N) is 1. The molecular formula is C13H21ClN4O2S. The number of halogens is 1. The molecule has 1 fully saturated rings. The number of anilines is 1. The number of nitrogens with one attached hydrogen (secondary N) is 2. The van der Waals surface area contributed by atoms with Crippen LogP contribution in [-0.4, -0.2) is 19.4 Å². The molecule has 1 aliphatic carbocycles. The average molecular weight is 333 g/mol. The third-order valence-corrected chi connectivity index (χ3v) is 5.78. The van der Waals surface area contributed by atoms with Crippen LogP contribution >= 0.6 is 11.6 Å². The van der Waals surface area contributed by atoms with Crippen molar-refractivity contribution >= 4 is 27.4 Å². The van der Waals surface area contributed by atoms with Crippen LogP contribution in [0.4, 0.5) is 5.82 Å². The summed E-state index contributed by atoms with van der Waals surface area (Å²) >= 11 is 5.92. The second-order valence-corrected chi connectivity index (χ2v) is 7.58. The summed E-state index contributed by atoms with van der Waals surface area (Å²) < 4.78 is 27.5. The van der Waals surface area contributed by atoms with Gasteiger partial charge in [-0.1, -0.05) is 30.9 Å². The first-order valence-electron chi connectivity index (χ1n) is 7.08. The van der Waals surface area contributed by atoms with Gasteiger partial charge in [0.1, 0.15) is 4.90 Å². The van der Waals surface area contributed by atoms with Gasteiger partial charge in [0.25, 0.3) is 0 Å². The first-order chi connectivity index (χ1) is 9.94. The van der Waals surface area contributed by atoms with Crippen molar-refractivity contribution in [3.63, 3.8) is 0 Å². The molecule has 6 nitrogen and oxygen atoms in total. The molecule has 0 bridgehead atoms. The second kappa shape index (κ2) is 6.91. The zero-order valence-corrected chi connectivity index (χ0v) is 13.5. The number of nitrogen functional groups attached to an aromatic ring is 1. The molecule has 1 heterocycles. The largest absolute Gasteiger partial charge is 0.307 e. The van der Waals surface area contributed by atoms with Crippen molar-refractivity contribution in [1.29, 1.82) is 0 Å². The Hall–Kier alpha value is -0.890. The Morgan fingerprint density at radius 2 is 2.05 bits per heavy atom. The fraction of sp³-hybridized carbons (Fsp3) is 0.615. The van der Waals surface area contributed by atoms with Crippen molar-refractivity contribution < 1.29 is 8.42 Å². The molecular weight excluding hydrogens is 312 g/mol. The number of rotatable bonds is 5. The summed E-state index contributed by atoms with van der Waals surface area (Å²) in [5.74, 6) is 5.86. The summed E-state index contributed by atoms with van der Waals surface area (Å²) in [5.41, 5.74) is 2.31. The molecule has 0 spiro atoms. The monoisotopic (exact) mass is 332 g/mol. The highest BCUT2D eigenvalue weighted by atomic mass is 35.5. The fourth-order valence-electron chi connectivity index (χ4n) is 2.72. The predicted molar refractivity (Wildman–Crippen MR) is 83.4 cm³/mol. The van der Waals surface area contributed by atoms with E-state index in [9.17, 15) is 8.42 Å². The van der Waals surface area contributed by atoms with E-state index in [0.717, 1.165) is 12.8 Å². The quantitative estimate of drug-likeness (QED) is 0.567. The first-order valence-corrected chi connectivity index (χ1v) is 8.94. The Balaban J connectivity index is 2.12. The zero-order chi connectivity index (χ0) is 15.5. The second-order valence-electron chi connectivity index (χ2n) is 5.45. The zero-order valence-electron chi connectivity index (χ0n) is 12.0. The lowest BCUT2D eigenvalue weighted by Crippen LogP contribution is -2.38. The van der Waals surface area contributed by atoms with Gasteiger partial charge in [0.15, 0.2) is 5.82 Å². The molecule has 1 aromatic rings. The maximum atomic E-state index is 12.4. The minimum absolute atomic E-state index is 0.0501. The van der Waals surface area contributed by atoms with Crippen LogP contribution in [-0.2, 0) is 10.0 Å². The Morgan fingerprint density at radius 1 is 1.38 bits per heavy atom. The predicted octanol–water partition coefficient (Wildman–Crippen LogP) is 2.27. The molecule has 1 unspecified atom stereocenters. The number of nitrogens with zero attached hydrogens (tertiary/aromatic N) is 1. The van der Waals surface area contributed by atoms with Gasteiger partial charge in [-0.3, -0.25) is 0 Å². The Morgan fingerprint density at radius 3 is 2.62 bits per heavy atom. The number of hydrogen-bond acceptors (Lipinski definition) is 5. The Labute approximate surface area is 130 Å². The van der Waals surface area contributed by atoms with Gasteiger partial charge in [0.05, 0.1) is 5.02 Å². The minimum atomic E-state index is -3.62. The summed E-state index contributed by atoms with van der Waals surface area (Å²) in [6.45, 7) is 1.92. The highest BCUT2D eigenvalue weighted by molar-refractivity contribution is 7.89. The maximum Gasteiger partial charge on any atom is 0.242 e. The first kappa shape index (κ1) is 16.5. The SMILES string of the molecule is CC(NS(=O)(=O)c1cnc(NN)c(Cl)c1)C1CCCCC1. The van der Waals surface area contributed by atoms with Crippen LogP contribution < -0.4 is 16.0 Å². The van der Waals surface area contributed by atoms with E-state index in [1.165, 1.54) is 31.5 Å². The van der Waals surface area contributed by atoms with E-state index < -0.39 is 10.0 Å². The molecule has 0 radical (unpaired) electrons. The van der Waals surface area contributed by atoms with Crippen LogP contribution in [0.25, 0.3) is 0 Å². The van der Waals surface area contributed by atoms with Gasteiger partial charge in [-0.25, -0.2) is 24.0 Å². The topological polar surface area (TPSA) is 97.1 Å². The van der Waals surface area contributed by atoms with Crippen molar-refractivity contribution in [3.05, 3.63) is 17.3 Å². The number of pyridine rings is 1. The van der Waals surface area contributed by atoms with Crippen LogP contribution in [0.3, 0.4) is 0 Å². The summed E-state index contributed by atoms with van der Waals surface area (Å²) in [6, 6.07) is 1.25. The Bertz CT molecular complexity index is 588. The van der Waals surface area contributed by atoms with E-state index in [-0.39, 0.29) is 21.8 Å². The van der Waals surface area contributed by atoms with Crippen molar-refractivity contribution in [2.45, 2.75) is 50.0 Å².